The Bertz CT molecular complexity index is 1190. The number of nitrogens with zero attached hydrogens (tertiary/aromatic N) is 1. The first-order valence-electron chi connectivity index (χ1n) is 13.0. The van der Waals surface area contributed by atoms with Crippen molar-refractivity contribution in [2.24, 2.45) is 5.92 Å². The van der Waals surface area contributed by atoms with Gasteiger partial charge in [0.1, 0.15) is 6.04 Å². The van der Waals surface area contributed by atoms with Crippen LogP contribution in [0.2, 0.25) is 0 Å². The Morgan fingerprint density at radius 2 is 1.92 bits per heavy atom. The van der Waals surface area contributed by atoms with Gasteiger partial charge < -0.3 is 25.2 Å². The molecule has 0 aromatic heterocycles. The van der Waals surface area contributed by atoms with Crippen molar-refractivity contribution in [1.82, 2.24) is 10.2 Å². The monoisotopic (exact) mass is 510 g/mol. The molecule has 0 spiro atoms. The lowest BCUT2D eigenvalue weighted by molar-refractivity contribution is -0.137. The highest BCUT2D eigenvalue weighted by Gasteiger charge is 2.31. The average molecular weight is 511 g/mol. The summed E-state index contributed by atoms with van der Waals surface area (Å²) >= 11 is 0. The van der Waals surface area contributed by atoms with E-state index < -0.39 is 30.2 Å². The van der Waals surface area contributed by atoms with Gasteiger partial charge in [0.15, 0.2) is 0 Å². The van der Waals surface area contributed by atoms with Gasteiger partial charge in [0.2, 0.25) is 12.2 Å². The van der Waals surface area contributed by atoms with E-state index in [2.05, 4.69) is 5.32 Å². The van der Waals surface area contributed by atoms with Crippen LogP contribution in [0.25, 0.3) is 10.8 Å². The van der Waals surface area contributed by atoms with Crippen LogP contribution >= 0.6 is 0 Å². The number of amides is 2. The van der Waals surface area contributed by atoms with Gasteiger partial charge in [0.25, 0.3) is 5.91 Å². The fraction of sp³-hybridized carbons (Fsp3) is 0.500. The van der Waals surface area contributed by atoms with E-state index in [1.54, 1.807) is 42.3 Å². The Balaban J connectivity index is 1.48. The summed E-state index contributed by atoms with van der Waals surface area (Å²) < 4.78 is 4.86. The van der Waals surface area contributed by atoms with E-state index in [1.807, 2.05) is 0 Å². The summed E-state index contributed by atoms with van der Waals surface area (Å²) in [6.07, 6.45) is 6.52. The van der Waals surface area contributed by atoms with Gasteiger partial charge in [-0.3, -0.25) is 14.4 Å². The summed E-state index contributed by atoms with van der Waals surface area (Å²) in [5.41, 5.74) is 0.760. The molecule has 2 atom stereocenters. The Morgan fingerprint density at radius 3 is 2.65 bits per heavy atom. The average Bonchev–Trinajstić information content (AvgIpc) is 3.16. The molecule has 198 valence electrons. The highest BCUT2D eigenvalue weighted by atomic mass is 16.6. The Morgan fingerprint density at radius 1 is 1.16 bits per heavy atom. The zero-order valence-electron chi connectivity index (χ0n) is 21.1. The van der Waals surface area contributed by atoms with E-state index in [0.29, 0.717) is 23.2 Å². The topological polar surface area (TPSA) is 133 Å². The number of fused-ring (bicyclic) bond motifs is 2. The van der Waals surface area contributed by atoms with Crippen LogP contribution < -0.4 is 5.32 Å². The molecule has 3 N–H and O–H groups in total. The summed E-state index contributed by atoms with van der Waals surface area (Å²) in [5, 5.41) is 23.1. The van der Waals surface area contributed by atoms with Crippen molar-refractivity contribution >= 4 is 34.5 Å². The molecule has 1 saturated carbocycles. The van der Waals surface area contributed by atoms with Crippen LogP contribution in [0.4, 0.5) is 0 Å². The number of carboxylic acid groups (broad SMARTS) is 1. The lowest BCUT2D eigenvalue weighted by Gasteiger charge is -2.26. The van der Waals surface area contributed by atoms with E-state index in [0.717, 1.165) is 12.8 Å². The van der Waals surface area contributed by atoms with Crippen molar-refractivity contribution in [2.45, 2.75) is 70.1 Å². The van der Waals surface area contributed by atoms with Gasteiger partial charge in [-0.1, -0.05) is 44.2 Å². The van der Waals surface area contributed by atoms with Crippen molar-refractivity contribution < 1.29 is 34.1 Å². The zero-order chi connectivity index (χ0) is 26.5. The molecule has 2 amide bonds. The SMILES string of the molecule is CN(CCCC1CCCCC1)C(=O)[C@H](CCC(=O)O)NC(=O)c1cccc2cc3c(cc12)C(O)OC3=O. The number of carbonyl (C=O) groups is 4. The number of rotatable bonds is 10. The fourth-order valence-electron chi connectivity index (χ4n) is 5.38. The van der Waals surface area contributed by atoms with Crippen molar-refractivity contribution in [2.75, 3.05) is 13.6 Å². The second kappa shape index (κ2) is 11.7. The first-order chi connectivity index (χ1) is 17.7. The number of nitrogens with one attached hydrogen (secondary N) is 1. The second-order valence-electron chi connectivity index (χ2n) is 10.1. The zero-order valence-corrected chi connectivity index (χ0v) is 21.1. The molecule has 0 saturated heterocycles. The van der Waals surface area contributed by atoms with Crippen LogP contribution in [0.15, 0.2) is 30.3 Å². The van der Waals surface area contributed by atoms with E-state index >= 15 is 0 Å². The van der Waals surface area contributed by atoms with E-state index in [-0.39, 0.29) is 35.4 Å². The molecule has 1 fully saturated rings. The number of carboxylic acids is 1. The van der Waals surface area contributed by atoms with Crippen LogP contribution in [0.5, 0.6) is 0 Å². The van der Waals surface area contributed by atoms with Crippen molar-refractivity contribution in [1.29, 1.82) is 0 Å². The predicted octanol–water partition coefficient (Wildman–Crippen LogP) is 3.78. The minimum absolute atomic E-state index is 0.0336. The van der Waals surface area contributed by atoms with Gasteiger partial charge in [-0.05, 0) is 54.2 Å². The number of aliphatic hydroxyl groups excluding tert-OH is 1. The van der Waals surface area contributed by atoms with Crippen molar-refractivity contribution in [3.8, 4) is 0 Å². The molecule has 1 aliphatic heterocycles. The summed E-state index contributed by atoms with van der Waals surface area (Å²) in [6, 6.07) is 7.08. The molecular weight excluding hydrogens is 476 g/mol. The lowest BCUT2D eigenvalue weighted by Crippen LogP contribution is -2.48. The number of likely N-dealkylation sites (N-methyl/N-ethyl adjacent to an activating group) is 1. The van der Waals surface area contributed by atoms with Crippen LogP contribution in [-0.4, -0.2) is 58.5 Å². The summed E-state index contributed by atoms with van der Waals surface area (Å²) in [7, 11) is 1.68. The Kier molecular flexibility index (Phi) is 8.43. The molecule has 4 rings (SSSR count). The van der Waals surface area contributed by atoms with Crippen LogP contribution in [0.1, 0.15) is 90.4 Å². The molecule has 1 heterocycles. The molecular formula is C28H34N2O7. The van der Waals surface area contributed by atoms with Gasteiger partial charge in [-0.25, -0.2) is 4.79 Å². The number of cyclic esters (lactones) is 1. The van der Waals surface area contributed by atoms with Gasteiger partial charge >= 0.3 is 11.9 Å². The number of ether oxygens (including phenoxy) is 1. The molecule has 2 aliphatic rings. The largest absolute Gasteiger partial charge is 0.481 e. The maximum Gasteiger partial charge on any atom is 0.341 e. The number of aliphatic hydroxyl groups is 1. The predicted molar refractivity (Wildman–Crippen MR) is 136 cm³/mol. The fourth-order valence-corrected chi connectivity index (χ4v) is 5.38. The number of hydrogen-bond acceptors (Lipinski definition) is 6. The van der Waals surface area contributed by atoms with E-state index in [4.69, 9.17) is 4.74 Å². The minimum Gasteiger partial charge on any atom is -0.481 e. The molecule has 9 nitrogen and oxygen atoms in total. The minimum atomic E-state index is -1.41. The third-order valence-corrected chi connectivity index (χ3v) is 7.46. The van der Waals surface area contributed by atoms with Gasteiger partial charge in [-0.2, -0.15) is 0 Å². The first-order valence-corrected chi connectivity index (χ1v) is 13.0. The Hall–Kier alpha value is -3.46. The first kappa shape index (κ1) is 26.6. The molecule has 1 aliphatic carbocycles. The van der Waals surface area contributed by atoms with Gasteiger partial charge in [0.05, 0.1) is 5.56 Å². The third-order valence-electron chi connectivity index (χ3n) is 7.46. The van der Waals surface area contributed by atoms with Gasteiger partial charge in [-0.15, -0.1) is 0 Å². The maximum atomic E-state index is 13.3. The smallest absolute Gasteiger partial charge is 0.341 e. The molecule has 2 aromatic rings. The lowest BCUT2D eigenvalue weighted by atomic mass is 9.86. The van der Waals surface area contributed by atoms with E-state index in [1.165, 1.54) is 32.1 Å². The van der Waals surface area contributed by atoms with Crippen molar-refractivity contribution in [3.63, 3.8) is 0 Å². The number of hydrogen-bond donors (Lipinski definition) is 3. The maximum absolute atomic E-state index is 13.3. The van der Waals surface area contributed by atoms with E-state index in [9.17, 15) is 29.4 Å². The summed E-state index contributed by atoms with van der Waals surface area (Å²) in [4.78, 5) is 51.3. The highest BCUT2D eigenvalue weighted by Crippen LogP contribution is 2.33. The van der Waals surface area contributed by atoms with Gasteiger partial charge in [0, 0.05) is 31.1 Å². The van der Waals surface area contributed by atoms with Crippen LogP contribution in [0.3, 0.4) is 0 Å². The van der Waals surface area contributed by atoms with Crippen LogP contribution in [-0.2, 0) is 14.3 Å². The standard InChI is InChI=1S/C28H34N2O7/c1-30(14-6-9-17-7-3-2-4-8-17)26(34)23(12-13-24(31)32)29-25(33)19-11-5-10-18-15-21-22(16-20(18)19)28(36)37-27(21)35/h5,10-11,15-17,23,28,36H,2-4,6-9,12-14H2,1H3,(H,29,33)(H,31,32)/t23-,28?/m0/s1. The molecule has 0 radical (unpaired) electrons. The second-order valence-corrected chi connectivity index (χ2v) is 10.1. The number of carbonyl (C=O) groups excluding carboxylic acids is 3. The third kappa shape index (κ3) is 6.28. The normalized spacial score (nSPS) is 18.2. The summed E-state index contributed by atoms with van der Waals surface area (Å²) in [6.45, 7) is 0.543. The molecule has 37 heavy (non-hydrogen) atoms. The Labute approximate surface area is 215 Å². The molecule has 9 heteroatoms. The quantitative estimate of drug-likeness (QED) is 0.414. The summed E-state index contributed by atoms with van der Waals surface area (Å²) in [5.74, 6) is -1.85. The molecule has 2 aromatic carbocycles. The number of benzene rings is 2. The highest BCUT2D eigenvalue weighted by molar-refractivity contribution is 6.10. The van der Waals surface area contributed by atoms with Crippen LogP contribution in [0, 0.1) is 5.92 Å². The van der Waals surface area contributed by atoms with Crippen molar-refractivity contribution in [3.05, 3.63) is 47.0 Å². The molecule has 0 bridgehead atoms. The molecule has 1 unspecified atom stereocenters. The number of esters is 1. The number of aliphatic carboxylic acids is 1.